The van der Waals surface area contributed by atoms with E-state index >= 15 is 0 Å². The van der Waals surface area contributed by atoms with Crippen LogP contribution >= 0.6 is 0 Å². The number of benzene rings is 1. The fourth-order valence-corrected chi connectivity index (χ4v) is 1.15. The molecule has 0 atom stereocenters. The Labute approximate surface area is 83.0 Å². The smallest absolute Gasteiger partial charge is 0.329 e. The molecule has 0 bridgehead atoms. The maximum atomic E-state index is 11.3. The summed E-state index contributed by atoms with van der Waals surface area (Å²) >= 11 is 0. The van der Waals surface area contributed by atoms with Crippen LogP contribution in [0, 0.1) is 0 Å². The van der Waals surface area contributed by atoms with Crippen LogP contribution in [0.5, 0.6) is 0 Å². The van der Waals surface area contributed by atoms with Gasteiger partial charge in [0, 0.05) is 6.04 Å². The van der Waals surface area contributed by atoms with Crippen molar-refractivity contribution in [2.75, 3.05) is 0 Å². The minimum Gasteiger partial charge on any atom is -0.370 e. The van der Waals surface area contributed by atoms with E-state index in [0.717, 1.165) is 18.4 Å². The van der Waals surface area contributed by atoms with Crippen LogP contribution in [0.25, 0.3) is 0 Å². The maximum Gasteiger partial charge on any atom is 0.329 e. The Kier molecular flexibility index (Phi) is 2.79. The normalized spacial score (nSPS) is 15.1. The van der Waals surface area contributed by atoms with Gasteiger partial charge in [0.05, 0.1) is 6.42 Å². The summed E-state index contributed by atoms with van der Waals surface area (Å²) in [4.78, 5) is 16.1. The van der Waals surface area contributed by atoms with Crippen molar-refractivity contribution >= 4 is 5.97 Å². The van der Waals surface area contributed by atoms with Crippen molar-refractivity contribution in [1.82, 2.24) is 5.48 Å². The summed E-state index contributed by atoms with van der Waals surface area (Å²) < 4.78 is 0. The Morgan fingerprint density at radius 3 is 2.71 bits per heavy atom. The topological polar surface area (TPSA) is 38.3 Å². The lowest BCUT2D eigenvalue weighted by Crippen LogP contribution is -2.22. The molecule has 1 fully saturated rings. The van der Waals surface area contributed by atoms with Crippen LogP contribution in [0.2, 0.25) is 0 Å². The van der Waals surface area contributed by atoms with Crippen LogP contribution in [-0.4, -0.2) is 12.0 Å². The molecule has 0 heterocycles. The van der Waals surface area contributed by atoms with Crippen molar-refractivity contribution in [2.45, 2.75) is 25.3 Å². The average molecular weight is 191 g/mol. The lowest BCUT2D eigenvalue weighted by atomic mass is 10.2. The molecule has 0 radical (unpaired) electrons. The summed E-state index contributed by atoms with van der Waals surface area (Å²) in [6.07, 6.45) is 2.55. The van der Waals surface area contributed by atoms with Gasteiger partial charge in [-0.3, -0.25) is 4.79 Å². The molecule has 14 heavy (non-hydrogen) atoms. The molecule has 2 rings (SSSR count). The third-order valence-electron chi connectivity index (χ3n) is 2.11. The molecule has 1 aliphatic carbocycles. The number of hydroxylamine groups is 1. The number of hydrogen-bond donors (Lipinski definition) is 1. The van der Waals surface area contributed by atoms with E-state index in [-0.39, 0.29) is 5.97 Å². The van der Waals surface area contributed by atoms with E-state index in [4.69, 9.17) is 4.84 Å². The lowest BCUT2D eigenvalue weighted by Gasteiger charge is -2.03. The Hall–Kier alpha value is -1.35. The molecule has 3 nitrogen and oxygen atoms in total. The number of carbonyl (C=O) groups excluding carboxylic acids is 1. The molecule has 0 aliphatic heterocycles. The zero-order valence-corrected chi connectivity index (χ0v) is 7.90. The molecular weight excluding hydrogens is 178 g/mol. The van der Waals surface area contributed by atoms with Gasteiger partial charge in [-0.25, -0.2) is 0 Å². The fourth-order valence-electron chi connectivity index (χ4n) is 1.15. The number of hydrogen-bond acceptors (Lipinski definition) is 3. The fraction of sp³-hybridized carbons (Fsp3) is 0.364. The van der Waals surface area contributed by atoms with Crippen molar-refractivity contribution in [3.05, 3.63) is 35.9 Å². The Balaban J connectivity index is 1.76. The number of rotatable bonds is 4. The van der Waals surface area contributed by atoms with Gasteiger partial charge >= 0.3 is 5.97 Å². The summed E-state index contributed by atoms with van der Waals surface area (Å²) in [5.74, 6) is -0.219. The van der Waals surface area contributed by atoms with E-state index in [1.807, 2.05) is 30.3 Å². The second-order valence-corrected chi connectivity index (χ2v) is 3.53. The third kappa shape index (κ3) is 2.85. The summed E-state index contributed by atoms with van der Waals surface area (Å²) in [6.45, 7) is 0. The summed E-state index contributed by atoms with van der Waals surface area (Å²) in [6, 6.07) is 9.98. The predicted molar refractivity (Wildman–Crippen MR) is 52.4 cm³/mol. The SMILES string of the molecule is O=C(Cc1ccccc1)ONC1CC1. The van der Waals surface area contributed by atoms with E-state index in [0.29, 0.717) is 12.5 Å². The van der Waals surface area contributed by atoms with Crippen LogP contribution in [0.3, 0.4) is 0 Å². The summed E-state index contributed by atoms with van der Waals surface area (Å²) in [5.41, 5.74) is 3.71. The van der Waals surface area contributed by atoms with Crippen molar-refractivity contribution in [2.24, 2.45) is 0 Å². The first-order valence-corrected chi connectivity index (χ1v) is 4.84. The largest absolute Gasteiger partial charge is 0.370 e. The monoisotopic (exact) mass is 191 g/mol. The third-order valence-corrected chi connectivity index (χ3v) is 2.11. The van der Waals surface area contributed by atoms with Crippen molar-refractivity contribution in [3.63, 3.8) is 0 Å². The molecule has 0 unspecified atom stereocenters. The molecular formula is C11H13NO2. The van der Waals surface area contributed by atoms with Crippen molar-refractivity contribution in [1.29, 1.82) is 0 Å². The van der Waals surface area contributed by atoms with Crippen LogP contribution in [0.15, 0.2) is 30.3 Å². The van der Waals surface area contributed by atoms with E-state index in [1.165, 1.54) is 0 Å². The molecule has 1 N–H and O–H groups in total. The zero-order valence-electron chi connectivity index (χ0n) is 7.90. The second-order valence-electron chi connectivity index (χ2n) is 3.53. The van der Waals surface area contributed by atoms with Crippen LogP contribution in [0.4, 0.5) is 0 Å². The molecule has 0 saturated heterocycles. The second kappa shape index (κ2) is 4.24. The molecule has 74 valence electrons. The van der Waals surface area contributed by atoms with E-state index < -0.39 is 0 Å². The van der Waals surface area contributed by atoms with E-state index in [2.05, 4.69) is 5.48 Å². The van der Waals surface area contributed by atoms with Gasteiger partial charge in [0.25, 0.3) is 0 Å². The quantitative estimate of drug-likeness (QED) is 0.732. The maximum absolute atomic E-state index is 11.3. The molecule has 0 spiro atoms. The van der Waals surface area contributed by atoms with Crippen molar-refractivity contribution < 1.29 is 9.63 Å². The highest BCUT2D eigenvalue weighted by molar-refractivity contribution is 5.72. The molecule has 3 heteroatoms. The highest BCUT2D eigenvalue weighted by atomic mass is 16.7. The minimum absolute atomic E-state index is 0.219. The first kappa shape index (κ1) is 9.21. The van der Waals surface area contributed by atoms with Gasteiger partial charge in [0.2, 0.25) is 0 Å². The first-order chi connectivity index (χ1) is 6.84. The Morgan fingerprint density at radius 1 is 1.36 bits per heavy atom. The summed E-state index contributed by atoms with van der Waals surface area (Å²) in [5, 5.41) is 0. The Morgan fingerprint density at radius 2 is 2.07 bits per heavy atom. The highest BCUT2D eigenvalue weighted by Gasteiger charge is 2.22. The van der Waals surface area contributed by atoms with Gasteiger partial charge in [0.15, 0.2) is 0 Å². The zero-order chi connectivity index (χ0) is 9.80. The van der Waals surface area contributed by atoms with Crippen LogP contribution in [-0.2, 0) is 16.1 Å². The van der Waals surface area contributed by atoms with Crippen LogP contribution in [0.1, 0.15) is 18.4 Å². The molecule has 1 aliphatic rings. The van der Waals surface area contributed by atoms with Gasteiger partial charge in [-0.1, -0.05) is 30.3 Å². The predicted octanol–water partition coefficient (Wildman–Crippen LogP) is 1.44. The molecule has 0 aromatic heterocycles. The van der Waals surface area contributed by atoms with Gasteiger partial charge in [-0.05, 0) is 18.4 Å². The van der Waals surface area contributed by atoms with Gasteiger partial charge in [-0.2, -0.15) is 5.48 Å². The molecule has 0 amide bonds. The molecule has 1 aromatic rings. The highest BCUT2D eigenvalue weighted by Crippen LogP contribution is 2.18. The van der Waals surface area contributed by atoms with E-state index in [9.17, 15) is 4.79 Å². The molecule has 1 saturated carbocycles. The number of nitrogens with one attached hydrogen (secondary N) is 1. The van der Waals surface area contributed by atoms with Gasteiger partial charge < -0.3 is 4.84 Å². The van der Waals surface area contributed by atoms with Crippen molar-refractivity contribution in [3.8, 4) is 0 Å². The molecule has 1 aromatic carbocycles. The number of carbonyl (C=O) groups is 1. The van der Waals surface area contributed by atoms with Crippen LogP contribution < -0.4 is 5.48 Å². The standard InChI is InChI=1S/C11H13NO2/c13-11(14-12-10-6-7-10)8-9-4-2-1-3-5-9/h1-5,10,12H,6-8H2. The van der Waals surface area contributed by atoms with Gasteiger partial charge in [-0.15, -0.1) is 0 Å². The minimum atomic E-state index is -0.219. The first-order valence-electron chi connectivity index (χ1n) is 4.84. The Bertz CT molecular complexity index is 306. The van der Waals surface area contributed by atoms with E-state index in [1.54, 1.807) is 0 Å². The average Bonchev–Trinajstić information content (AvgIpc) is 3.00. The summed E-state index contributed by atoms with van der Waals surface area (Å²) in [7, 11) is 0. The lowest BCUT2D eigenvalue weighted by molar-refractivity contribution is -0.150. The van der Waals surface area contributed by atoms with Gasteiger partial charge in [0.1, 0.15) is 0 Å².